The summed E-state index contributed by atoms with van der Waals surface area (Å²) >= 11 is 3.38. The largest absolute Gasteiger partial charge is 0.340 e. The molecular formula is C14H15BrN2O. The number of hydrogen-bond donors (Lipinski definition) is 1. The standard InChI is InChI=1S/C14H15BrN2O/c15-12-6-1-10(2-7-12)3-8-14(18)17-13(9-16)11-4-5-11/h1-2,6-7,11,13H,3-5,8H2,(H,17,18). The lowest BCUT2D eigenvalue weighted by atomic mass is 10.1. The van der Waals surface area contributed by atoms with Gasteiger partial charge in [0.25, 0.3) is 0 Å². The van der Waals surface area contributed by atoms with Crippen molar-refractivity contribution < 1.29 is 4.79 Å². The van der Waals surface area contributed by atoms with Crippen LogP contribution < -0.4 is 5.32 Å². The van der Waals surface area contributed by atoms with Gasteiger partial charge in [0.1, 0.15) is 6.04 Å². The molecule has 1 fully saturated rings. The van der Waals surface area contributed by atoms with Crippen LogP contribution in [0.5, 0.6) is 0 Å². The molecule has 1 aromatic rings. The minimum Gasteiger partial charge on any atom is -0.340 e. The molecule has 0 aromatic heterocycles. The second kappa shape index (κ2) is 6.01. The van der Waals surface area contributed by atoms with Crippen LogP contribution in [-0.4, -0.2) is 11.9 Å². The van der Waals surface area contributed by atoms with Crippen LogP contribution in [0.15, 0.2) is 28.7 Å². The Bertz CT molecular complexity index is 460. The van der Waals surface area contributed by atoms with Crippen molar-refractivity contribution in [1.29, 1.82) is 5.26 Å². The first-order chi connectivity index (χ1) is 8.69. The van der Waals surface area contributed by atoms with Gasteiger partial charge in [-0.05, 0) is 42.9 Å². The Balaban J connectivity index is 1.77. The summed E-state index contributed by atoms with van der Waals surface area (Å²) in [5, 5.41) is 11.7. The van der Waals surface area contributed by atoms with E-state index in [0.717, 1.165) is 22.9 Å². The van der Waals surface area contributed by atoms with E-state index in [-0.39, 0.29) is 11.9 Å². The first-order valence-electron chi connectivity index (χ1n) is 6.12. The van der Waals surface area contributed by atoms with Gasteiger partial charge in [0, 0.05) is 10.9 Å². The molecule has 0 spiro atoms. The van der Waals surface area contributed by atoms with E-state index in [1.165, 1.54) is 0 Å². The first kappa shape index (κ1) is 13.1. The highest BCUT2D eigenvalue weighted by molar-refractivity contribution is 9.10. The van der Waals surface area contributed by atoms with Gasteiger partial charge < -0.3 is 5.32 Å². The number of rotatable bonds is 5. The average molecular weight is 307 g/mol. The molecule has 0 aliphatic heterocycles. The van der Waals surface area contributed by atoms with Gasteiger partial charge >= 0.3 is 0 Å². The summed E-state index contributed by atoms with van der Waals surface area (Å²) in [6, 6.07) is 9.81. The number of nitrogens with one attached hydrogen (secondary N) is 1. The number of amides is 1. The molecule has 1 atom stereocenters. The normalized spacial score (nSPS) is 15.8. The van der Waals surface area contributed by atoms with Crippen LogP contribution in [0.4, 0.5) is 0 Å². The van der Waals surface area contributed by atoms with Gasteiger partial charge in [0.05, 0.1) is 6.07 Å². The van der Waals surface area contributed by atoms with E-state index >= 15 is 0 Å². The van der Waals surface area contributed by atoms with Gasteiger partial charge in [-0.15, -0.1) is 0 Å². The van der Waals surface area contributed by atoms with Gasteiger partial charge in [0.15, 0.2) is 0 Å². The molecule has 0 bridgehead atoms. The van der Waals surface area contributed by atoms with Crippen LogP contribution in [0.1, 0.15) is 24.8 Å². The SMILES string of the molecule is N#CC(NC(=O)CCc1ccc(Br)cc1)C1CC1. The maximum Gasteiger partial charge on any atom is 0.221 e. The Labute approximate surface area is 115 Å². The van der Waals surface area contributed by atoms with Crippen molar-refractivity contribution in [3.05, 3.63) is 34.3 Å². The Kier molecular flexibility index (Phi) is 4.38. The van der Waals surface area contributed by atoms with Crippen molar-refractivity contribution in [2.75, 3.05) is 0 Å². The minimum atomic E-state index is -0.289. The van der Waals surface area contributed by atoms with Crippen LogP contribution in [0.25, 0.3) is 0 Å². The molecule has 1 N–H and O–H groups in total. The molecule has 4 heteroatoms. The number of benzene rings is 1. The summed E-state index contributed by atoms with van der Waals surface area (Å²) in [4.78, 5) is 11.7. The second-order valence-corrected chi connectivity index (χ2v) is 5.55. The zero-order valence-corrected chi connectivity index (χ0v) is 11.6. The van der Waals surface area contributed by atoms with Crippen molar-refractivity contribution in [3.63, 3.8) is 0 Å². The lowest BCUT2D eigenvalue weighted by Crippen LogP contribution is -2.35. The Morgan fingerprint density at radius 3 is 2.67 bits per heavy atom. The highest BCUT2D eigenvalue weighted by Crippen LogP contribution is 2.32. The van der Waals surface area contributed by atoms with Crippen LogP contribution >= 0.6 is 15.9 Å². The molecule has 1 aliphatic rings. The monoisotopic (exact) mass is 306 g/mol. The highest BCUT2D eigenvalue weighted by atomic mass is 79.9. The van der Waals surface area contributed by atoms with E-state index in [9.17, 15) is 4.79 Å². The number of hydrogen-bond acceptors (Lipinski definition) is 2. The van der Waals surface area contributed by atoms with Crippen molar-refractivity contribution in [1.82, 2.24) is 5.32 Å². The van der Waals surface area contributed by atoms with Gasteiger partial charge in [0.2, 0.25) is 5.91 Å². The molecule has 2 rings (SSSR count). The lowest BCUT2D eigenvalue weighted by molar-refractivity contribution is -0.121. The number of nitrogens with zero attached hydrogens (tertiary/aromatic N) is 1. The molecule has 1 amide bonds. The molecule has 1 saturated carbocycles. The van der Waals surface area contributed by atoms with Gasteiger partial charge in [-0.1, -0.05) is 28.1 Å². The number of carbonyl (C=O) groups excluding carboxylic acids is 1. The summed E-state index contributed by atoms with van der Waals surface area (Å²) in [6.45, 7) is 0. The summed E-state index contributed by atoms with van der Waals surface area (Å²) in [5.74, 6) is 0.350. The van der Waals surface area contributed by atoms with Gasteiger partial charge in [-0.3, -0.25) is 4.79 Å². The molecule has 0 radical (unpaired) electrons. The molecule has 1 unspecified atom stereocenters. The lowest BCUT2D eigenvalue weighted by Gasteiger charge is -2.10. The molecule has 0 saturated heterocycles. The summed E-state index contributed by atoms with van der Waals surface area (Å²) in [7, 11) is 0. The number of carbonyl (C=O) groups is 1. The zero-order valence-electron chi connectivity index (χ0n) is 10.0. The zero-order chi connectivity index (χ0) is 13.0. The fourth-order valence-corrected chi connectivity index (χ4v) is 2.10. The van der Waals surface area contributed by atoms with E-state index in [4.69, 9.17) is 5.26 Å². The van der Waals surface area contributed by atoms with E-state index in [1.807, 2.05) is 24.3 Å². The maximum absolute atomic E-state index is 11.7. The molecular weight excluding hydrogens is 292 g/mol. The summed E-state index contributed by atoms with van der Waals surface area (Å²) < 4.78 is 1.04. The molecule has 1 aromatic carbocycles. The number of aryl methyl sites for hydroxylation is 1. The summed E-state index contributed by atoms with van der Waals surface area (Å²) in [5.41, 5.74) is 1.13. The third kappa shape index (κ3) is 3.85. The van der Waals surface area contributed by atoms with E-state index in [0.29, 0.717) is 18.8 Å². The maximum atomic E-state index is 11.7. The van der Waals surface area contributed by atoms with Crippen LogP contribution in [0.3, 0.4) is 0 Å². The van der Waals surface area contributed by atoms with Crippen LogP contribution in [-0.2, 0) is 11.2 Å². The van der Waals surface area contributed by atoms with E-state index in [1.54, 1.807) is 0 Å². The van der Waals surface area contributed by atoms with Crippen molar-refractivity contribution in [2.45, 2.75) is 31.7 Å². The first-order valence-corrected chi connectivity index (χ1v) is 6.92. The average Bonchev–Trinajstić information content (AvgIpc) is 3.19. The molecule has 1 aliphatic carbocycles. The summed E-state index contributed by atoms with van der Waals surface area (Å²) in [6.07, 6.45) is 3.27. The van der Waals surface area contributed by atoms with Crippen molar-refractivity contribution in [3.8, 4) is 6.07 Å². The third-order valence-electron chi connectivity index (χ3n) is 3.10. The number of nitriles is 1. The molecule has 94 valence electrons. The predicted molar refractivity (Wildman–Crippen MR) is 72.7 cm³/mol. The van der Waals surface area contributed by atoms with E-state index in [2.05, 4.69) is 27.3 Å². The Hall–Kier alpha value is -1.34. The van der Waals surface area contributed by atoms with Crippen LogP contribution in [0, 0.1) is 17.2 Å². The quantitative estimate of drug-likeness (QED) is 0.909. The second-order valence-electron chi connectivity index (χ2n) is 4.64. The minimum absolute atomic E-state index is 0.0311. The Morgan fingerprint density at radius 1 is 1.44 bits per heavy atom. The highest BCUT2D eigenvalue weighted by Gasteiger charge is 2.32. The predicted octanol–water partition coefficient (Wildman–Crippen LogP) is 2.80. The van der Waals surface area contributed by atoms with Gasteiger partial charge in [-0.2, -0.15) is 5.26 Å². The Morgan fingerprint density at radius 2 is 2.11 bits per heavy atom. The third-order valence-corrected chi connectivity index (χ3v) is 3.63. The van der Waals surface area contributed by atoms with Crippen LogP contribution in [0.2, 0.25) is 0 Å². The topological polar surface area (TPSA) is 52.9 Å². The molecule has 3 nitrogen and oxygen atoms in total. The van der Waals surface area contributed by atoms with Crippen molar-refractivity contribution in [2.24, 2.45) is 5.92 Å². The number of halogens is 1. The van der Waals surface area contributed by atoms with Gasteiger partial charge in [-0.25, -0.2) is 0 Å². The molecule has 0 heterocycles. The molecule has 18 heavy (non-hydrogen) atoms. The fraction of sp³-hybridized carbons (Fsp3) is 0.429. The van der Waals surface area contributed by atoms with E-state index < -0.39 is 0 Å². The smallest absolute Gasteiger partial charge is 0.221 e. The fourth-order valence-electron chi connectivity index (χ4n) is 1.84. The van der Waals surface area contributed by atoms with Crippen molar-refractivity contribution >= 4 is 21.8 Å².